The van der Waals surface area contributed by atoms with Crippen LogP contribution in [0.3, 0.4) is 0 Å². The molecule has 0 aliphatic heterocycles. The summed E-state index contributed by atoms with van der Waals surface area (Å²) < 4.78 is 12.6. The van der Waals surface area contributed by atoms with Gasteiger partial charge in [-0.2, -0.15) is 0 Å². The fourth-order valence-corrected chi connectivity index (χ4v) is 2.05. The van der Waals surface area contributed by atoms with Crippen LogP contribution < -0.4 is 5.73 Å². The van der Waals surface area contributed by atoms with Crippen molar-refractivity contribution < 1.29 is 4.39 Å². The maximum absolute atomic E-state index is 12.6. The molecule has 0 heterocycles. The van der Waals surface area contributed by atoms with E-state index in [1.165, 1.54) is 17.7 Å². The van der Waals surface area contributed by atoms with Gasteiger partial charge in [0.25, 0.3) is 0 Å². The summed E-state index contributed by atoms with van der Waals surface area (Å²) in [4.78, 5) is 0. The summed E-state index contributed by atoms with van der Waals surface area (Å²) in [6.07, 6.45) is 3.29. The van der Waals surface area contributed by atoms with Crippen molar-refractivity contribution >= 4 is 0 Å². The first-order valence-electron chi connectivity index (χ1n) is 4.77. The monoisotopic (exact) mass is 179 g/mol. The van der Waals surface area contributed by atoms with Gasteiger partial charge in [0.05, 0.1) is 0 Å². The molecule has 2 heteroatoms. The molecule has 2 atom stereocenters. The Kier molecular flexibility index (Phi) is 2.32. The summed E-state index contributed by atoms with van der Waals surface area (Å²) in [5.41, 5.74) is 7.05. The van der Waals surface area contributed by atoms with Gasteiger partial charge in [0, 0.05) is 6.04 Å². The highest BCUT2D eigenvalue weighted by Crippen LogP contribution is 2.33. The minimum Gasteiger partial charge on any atom is -0.328 e. The van der Waals surface area contributed by atoms with Gasteiger partial charge >= 0.3 is 0 Å². The number of halogens is 1. The fraction of sp³-hybridized carbons (Fsp3) is 0.455. The van der Waals surface area contributed by atoms with Crippen LogP contribution in [-0.2, 0) is 0 Å². The van der Waals surface area contributed by atoms with Crippen LogP contribution in [0.5, 0.6) is 0 Å². The Morgan fingerprint density at radius 1 is 1.15 bits per heavy atom. The largest absolute Gasteiger partial charge is 0.328 e. The number of hydrogen-bond acceptors (Lipinski definition) is 1. The van der Waals surface area contributed by atoms with Crippen LogP contribution in [-0.4, -0.2) is 6.04 Å². The van der Waals surface area contributed by atoms with Gasteiger partial charge in [0.1, 0.15) is 5.82 Å². The second kappa shape index (κ2) is 3.46. The Morgan fingerprint density at radius 3 is 2.38 bits per heavy atom. The van der Waals surface area contributed by atoms with E-state index in [-0.39, 0.29) is 5.82 Å². The lowest BCUT2D eigenvalue weighted by Gasteiger charge is -2.09. The minimum absolute atomic E-state index is 0.161. The zero-order valence-electron chi connectivity index (χ0n) is 7.54. The lowest BCUT2D eigenvalue weighted by Crippen LogP contribution is -2.14. The van der Waals surface area contributed by atoms with E-state index in [0.29, 0.717) is 12.0 Å². The Bertz CT molecular complexity index is 281. The van der Waals surface area contributed by atoms with Gasteiger partial charge in [-0.3, -0.25) is 0 Å². The number of hydrogen-bond donors (Lipinski definition) is 1. The fourth-order valence-electron chi connectivity index (χ4n) is 2.05. The van der Waals surface area contributed by atoms with Gasteiger partial charge in [-0.15, -0.1) is 0 Å². The molecule has 1 aliphatic carbocycles. The summed E-state index contributed by atoms with van der Waals surface area (Å²) in [5, 5.41) is 0. The summed E-state index contributed by atoms with van der Waals surface area (Å²) in [6.45, 7) is 0. The molecule has 1 aliphatic rings. The van der Waals surface area contributed by atoms with Crippen LogP contribution >= 0.6 is 0 Å². The highest BCUT2D eigenvalue weighted by Gasteiger charge is 2.22. The maximum Gasteiger partial charge on any atom is 0.123 e. The smallest absolute Gasteiger partial charge is 0.123 e. The topological polar surface area (TPSA) is 26.0 Å². The Balaban J connectivity index is 2.13. The first-order chi connectivity index (χ1) is 6.25. The Hall–Kier alpha value is -0.890. The van der Waals surface area contributed by atoms with E-state index in [0.717, 1.165) is 19.3 Å². The van der Waals surface area contributed by atoms with Gasteiger partial charge in [-0.25, -0.2) is 4.39 Å². The van der Waals surface area contributed by atoms with E-state index in [2.05, 4.69) is 0 Å². The molecule has 0 radical (unpaired) electrons. The molecule has 1 aromatic rings. The van der Waals surface area contributed by atoms with Gasteiger partial charge in [-0.1, -0.05) is 12.1 Å². The predicted molar refractivity (Wildman–Crippen MR) is 51.0 cm³/mol. The van der Waals surface area contributed by atoms with Crippen LogP contribution in [0.2, 0.25) is 0 Å². The van der Waals surface area contributed by atoms with Crippen molar-refractivity contribution in [2.24, 2.45) is 5.73 Å². The standard InChI is InChI=1S/C11H14FN/c12-10-4-1-8(2-5-10)9-3-6-11(13)7-9/h1-2,4-5,9,11H,3,6-7,13H2/t9-,11-/m1/s1. The molecule has 0 bridgehead atoms. The van der Waals surface area contributed by atoms with Crippen molar-refractivity contribution in [3.63, 3.8) is 0 Å². The molecule has 1 nitrogen and oxygen atoms in total. The Labute approximate surface area is 77.8 Å². The quantitative estimate of drug-likeness (QED) is 0.704. The van der Waals surface area contributed by atoms with Crippen molar-refractivity contribution in [1.29, 1.82) is 0 Å². The molecule has 2 rings (SSSR count). The molecule has 13 heavy (non-hydrogen) atoms. The molecular weight excluding hydrogens is 165 g/mol. The van der Waals surface area contributed by atoms with E-state index in [4.69, 9.17) is 5.73 Å². The molecular formula is C11H14FN. The van der Waals surface area contributed by atoms with E-state index in [1.54, 1.807) is 0 Å². The maximum atomic E-state index is 12.6. The number of benzene rings is 1. The molecule has 1 aromatic carbocycles. The minimum atomic E-state index is -0.161. The van der Waals surface area contributed by atoms with E-state index in [1.807, 2.05) is 12.1 Å². The zero-order chi connectivity index (χ0) is 9.26. The third-order valence-corrected chi connectivity index (χ3v) is 2.81. The second-order valence-electron chi connectivity index (χ2n) is 3.82. The van der Waals surface area contributed by atoms with E-state index < -0.39 is 0 Å². The van der Waals surface area contributed by atoms with Crippen molar-refractivity contribution in [2.45, 2.75) is 31.2 Å². The van der Waals surface area contributed by atoms with Gasteiger partial charge in [-0.05, 0) is 42.9 Å². The van der Waals surface area contributed by atoms with Crippen molar-refractivity contribution in [3.8, 4) is 0 Å². The molecule has 2 N–H and O–H groups in total. The molecule has 1 saturated carbocycles. The number of nitrogens with two attached hydrogens (primary N) is 1. The summed E-state index contributed by atoms with van der Waals surface area (Å²) in [5.74, 6) is 0.390. The van der Waals surface area contributed by atoms with E-state index in [9.17, 15) is 4.39 Å². The van der Waals surface area contributed by atoms with Gasteiger partial charge < -0.3 is 5.73 Å². The third kappa shape index (κ3) is 1.89. The van der Waals surface area contributed by atoms with Crippen molar-refractivity contribution in [3.05, 3.63) is 35.6 Å². The summed E-state index contributed by atoms with van der Waals surface area (Å²) in [7, 11) is 0. The van der Waals surface area contributed by atoms with Crippen LogP contribution in [0.15, 0.2) is 24.3 Å². The van der Waals surface area contributed by atoms with E-state index >= 15 is 0 Å². The predicted octanol–water partition coefficient (Wildman–Crippen LogP) is 2.42. The molecule has 0 saturated heterocycles. The molecule has 0 aromatic heterocycles. The highest BCUT2D eigenvalue weighted by atomic mass is 19.1. The second-order valence-corrected chi connectivity index (χ2v) is 3.82. The van der Waals surface area contributed by atoms with Gasteiger partial charge in [0.15, 0.2) is 0 Å². The third-order valence-electron chi connectivity index (χ3n) is 2.81. The first kappa shape index (κ1) is 8.70. The molecule has 1 fully saturated rings. The van der Waals surface area contributed by atoms with Crippen LogP contribution in [0.1, 0.15) is 30.7 Å². The normalized spacial score (nSPS) is 27.8. The lowest BCUT2D eigenvalue weighted by molar-refractivity contribution is 0.623. The molecule has 0 spiro atoms. The van der Waals surface area contributed by atoms with Crippen LogP contribution in [0.25, 0.3) is 0 Å². The first-order valence-corrected chi connectivity index (χ1v) is 4.77. The van der Waals surface area contributed by atoms with Crippen LogP contribution in [0.4, 0.5) is 4.39 Å². The Morgan fingerprint density at radius 2 is 1.85 bits per heavy atom. The van der Waals surface area contributed by atoms with Crippen LogP contribution in [0, 0.1) is 5.82 Å². The SMILES string of the molecule is N[C@@H]1CC[C@@H](c2ccc(F)cc2)C1. The van der Waals surface area contributed by atoms with Gasteiger partial charge in [0.2, 0.25) is 0 Å². The zero-order valence-corrected chi connectivity index (χ0v) is 7.54. The molecule has 70 valence electrons. The number of rotatable bonds is 1. The van der Waals surface area contributed by atoms with Crippen molar-refractivity contribution in [2.75, 3.05) is 0 Å². The summed E-state index contributed by atoms with van der Waals surface area (Å²) >= 11 is 0. The molecule has 0 amide bonds. The average molecular weight is 179 g/mol. The average Bonchev–Trinajstić information content (AvgIpc) is 2.53. The highest BCUT2D eigenvalue weighted by molar-refractivity contribution is 5.21. The lowest BCUT2D eigenvalue weighted by atomic mass is 9.98. The molecule has 0 unspecified atom stereocenters. The van der Waals surface area contributed by atoms with Crippen molar-refractivity contribution in [1.82, 2.24) is 0 Å². The summed E-state index contributed by atoms with van der Waals surface area (Å²) in [6, 6.07) is 7.14.